The summed E-state index contributed by atoms with van der Waals surface area (Å²) < 4.78 is 42.3. The Labute approximate surface area is 151 Å². The van der Waals surface area contributed by atoms with Crippen molar-refractivity contribution in [1.29, 1.82) is 0 Å². The first kappa shape index (κ1) is 18.0. The first-order valence-corrected chi connectivity index (χ1v) is 9.42. The molecular weight excluding hydrogens is 345 g/mol. The van der Waals surface area contributed by atoms with E-state index in [-0.39, 0.29) is 28.9 Å². The van der Waals surface area contributed by atoms with Crippen LogP contribution in [0.2, 0.25) is 0 Å². The molecule has 26 heavy (non-hydrogen) atoms. The van der Waals surface area contributed by atoms with E-state index in [0.717, 1.165) is 49.7 Å². The monoisotopic (exact) mass is 370 g/mol. The van der Waals surface area contributed by atoms with E-state index in [9.17, 15) is 23.4 Å². The van der Waals surface area contributed by atoms with Crippen LogP contribution in [0.15, 0.2) is 12.1 Å². The number of phenols is 1. The molecule has 0 saturated heterocycles. The van der Waals surface area contributed by atoms with Gasteiger partial charge >= 0.3 is 6.18 Å². The van der Waals surface area contributed by atoms with E-state index in [2.05, 4.69) is 6.92 Å². The molecule has 1 aromatic rings. The first-order valence-electron chi connectivity index (χ1n) is 9.42. The van der Waals surface area contributed by atoms with Crippen LogP contribution in [0.5, 0.6) is 11.5 Å². The second-order valence-electron chi connectivity index (χ2n) is 8.48. The van der Waals surface area contributed by atoms with E-state index in [1.807, 2.05) is 0 Å². The zero-order valence-corrected chi connectivity index (χ0v) is 14.9. The molecule has 2 fully saturated rings. The van der Waals surface area contributed by atoms with Gasteiger partial charge in [-0.2, -0.15) is 13.2 Å². The van der Waals surface area contributed by atoms with Gasteiger partial charge in [0, 0.05) is 0 Å². The molecule has 3 aliphatic carbocycles. The summed E-state index contributed by atoms with van der Waals surface area (Å²) in [6.45, 7) is 0.788. The molecule has 0 aliphatic heterocycles. The molecule has 3 aliphatic rings. The lowest BCUT2D eigenvalue weighted by Crippen LogP contribution is -2.43. The van der Waals surface area contributed by atoms with Crippen molar-refractivity contribution in [2.45, 2.75) is 63.6 Å². The Kier molecular flexibility index (Phi) is 4.17. The van der Waals surface area contributed by atoms with Gasteiger partial charge in [-0.1, -0.05) is 6.92 Å². The molecule has 0 heterocycles. The van der Waals surface area contributed by atoms with Crippen LogP contribution >= 0.6 is 0 Å². The predicted molar refractivity (Wildman–Crippen MR) is 90.3 cm³/mol. The molecule has 1 aromatic carbocycles. The number of hydrogen-bond donors (Lipinski definition) is 2. The number of hydrogen-bond acceptors (Lipinski definition) is 3. The van der Waals surface area contributed by atoms with Crippen molar-refractivity contribution in [3.05, 3.63) is 23.3 Å². The Bertz CT molecular complexity index is 702. The highest BCUT2D eigenvalue weighted by atomic mass is 19.4. The van der Waals surface area contributed by atoms with Crippen LogP contribution in [0.25, 0.3) is 0 Å². The lowest BCUT2D eigenvalue weighted by molar-refractivity contribution is -0.153. The maximum absolute atomic E-state index is 12.5. The van der Waals surface area contributed by atoms with Crippen molar-refractivity contribution >= 4 is 0 Å². The summed E-state index contributed by atoms with van der Waals surface area (Å²) in [6.07, 6.45) is 0.845. The molecule has 2 N–H and O–H groups in total. The molecule has 5 atom stereocenters. The van der Waals surface area contributed by atoms with Gasteiger partial charge in [-0.3, -0.25) is 0 Å². The summed E-state index contributed by atoms with van der Waals surface area (Å²) in [5.41, 5.74) is 2.01. The highest BCUT2D eigenvalue weighted by molar-refractivity contribution is 5.49. The van der Waals surface area contributed by atoms with Crippen LogP contribution in [-0.4, -0.2) is 29.1 Å². The summed E-state index contributed by atoms with van der Waals surface area (Å²) in [4.78, 5) is 0. The van der Waals surface area contributed by atoms with Crippen LogP contribution < -0.4 is 4.74 Å². The number of aliphatic hydroxyl groups excluding tert-OH is 1. The largest absolute Gasteiger partial charge is 0.504 e. The number of rotatable bonds is 2. The minimum Gasteiger partial charge on any atom is -0.504 e. The molecule has 0 bridgehead atoms. The maximum Gasteiger partial charge on any atom is 0.422 e. The lowest BCUT2D eigenvalue weighted by atomic mass is 9.55. The molecule has 0 amide bonds. The normalized spacial score (nSPS) is 36.2. The van der Waals surface area contributed by atoms with Crippen LogP contribution in [0.1, 0.15) is 56.1 Å². The highest BCUT2D eigenvalue weighted by Gasteiger charge is 2.54. The van der Waals surface area contributed by atoms with E-state index >= 15 is 0 Å². The van der Waals surface area contributed by atoms with Crippen LogP contribution in [-0.2, 0) is 6.42 Å². The lowest BCUT2D eigenvalue weighted by Gasteiger charge is -2.50. The zero-order chi connectivity index (χ0) is 18.7. The van der Waals surface area contributed by atoms with E-state index < -0.39 is 12.8 Å². The quantitative estimate of drug-likeness (QED) is 0.803. The van der Waals surface area contributed by atoms with Gasteiger partial charge in [0.2, 0.25) is 0 Å². The fourth-order valence-corrected chi connectivity index (χ4v) is 5.84. The number of halogens is 3. The molecule has 0 radical (unpaired) electrons. The molecular formula is C20H25F3O3. The van der Waals surface area contributed by atoms with Gasteiger partial charge in [0.05, 0.1) is 6.10 Å². The van der Waals surface area contributed by atoms with Gasteiger partial charge in [0.25, 0.3) is 0 Å². The van der Waals surface area contributed by atoms with Gasteiger partial charge in [-0.25, -0.2) is 0 Å². The summed E-state index contributed by atoms with van der Waals surface area (Å²) in [5, 5.41) is 20.5. The number of aromatic hydroxyl groups is 1. The SMILES string of the molecule is C[C@]12CC[C@@H]3c4cc(OCC(F)(F)F)c(O)cc4CC[C@@H]3[C@@H]1CC[C@@H]2O. The number of phenolic OH excluding ortho intramolecular Hbond substituents is 1. The number of alkyl halides is 3. The second-order valence-corrected chi connectivity index (χ2v) is 8.48. The number of ether oxygens (including phenoxy) is 1. The van der Waals surface area contributed by atoms with E-state index in [4.69, 9.17) is 4.74 Å². The van der Waals surface area contributed by atoms with Crippen molar-refractivity contribution in [2.75, 3.05) is 6.61 Å². The van der Waals surface area contributed by atoms with Crippen LogP contribution in [0.4, 0.5) is 13.2 Å². The average Bonchev–Trinajstić information content (AvgIpc) is 2.87. The predicted octanol–water partition coefficient (Wildman–Crippen LogP) is 4.55. The van der Waals surface area contributed by atoms with Crippen molar-refractivity contribution in [2.24, 2.45) is 17.3 Å². The molecule has 4 rings (SSSR count). The van der Waals surface area contributed by atoms with Crippen LogP contribution in [0, 0.1) is 17.3 Å². The molecule has 0 unspecified atom stereocenters. The fraction of sp³-hybridized carbons (Fsp3) is 0.700. The smallest absolute Gasteiger partial charge is 0.422 e. The topological polar surface area (TPSA) is 49.7 Å². The third kappa shape index (κ3) is 2.86. The minimum absolute atomic E-state index is 0.0365. The second kappa shape index (κ2) is 6.04. The van der Waals surface area contributed by atoms with E-state index in [1.165, 1.54) is 0 Å². The Morgan fingerprint density at radius 1 is 1.19 bits per heavy atom. The first-order chi connectivity index (χ1) is 12.2. The summed E-state index contributed by atoms with van der Waals surface area (Å²) in [7, 11) is 0. The Morgan fingerprint density at radius 2 is 1.96 bits per heavy atom. The highest BCUT2D eigenvalue weighted by Crippen LogP contribution is 2.61. The van der Waals surface area contributed by atoms with Crippen molar-refractivity contribution in [3.8, 4) is 11.5 Å². The Balaban J connectivity index is 1.63. The van der Waals surface area contributed by atoms with Gasteiger partial charge in [-0.05, 0) is 85.0 Å². The van der Waals surface area contributed by atoms with Gasteiger partial charge in [0.15, 0.2) is 18.1 Å². The molecule has 0 spiro atoms. The molecule has 0 aromatic heterocycles. The van der Waals surface area contributed by atoms with Crippen molar-refractivity contribution in [3.63, 3.8) is 0 Å². The summed E-state index contributed by atoms with van der Waals surface area (Å²) in [6, 6.07) is 3.20. The maximum atomic E-state index is 12.5. The molecule has 144 valence electrons. The molecule has 3 nitrogen and oxygen atoms in total. The fourth-order valence-electron chi connectivity index (χ4n) is 5.84. The van der Waals surface area contributed by atoms with Crippen molar-refractivity contribution < 1.29 is 28.1 Å². The van der Waals surface area contributed by atoms with E-state index in [0.29, 0.717) is 11.8 Å². The van der Waals surface area contributed by atoms with Gasteiger partial charge < -0.3 is 14.9 Å². The molecule has 2 saturated carbocycles. The zero-order valence-electron chi connectivity index (χ0n) is 14.9. The average molecular weight is 370 g/mol. The summed E-state index contributed by atoms with van der Waals surface area (Å²) >= 11 is 0. The number of fused-ring (bicyclic) bond motifs is 5. The van der Waals surface area contributed by atoms with Crippen LogP contribution in [0.3, 0.4) is 0 Å². The minimum atomic E-state index is -4.43. The number of aliphatic hydroxyl groups is 1. The number of aryl methyl sites for hydroxylation is 1. The van der Waals surface area contributed by atoms with Gasteiger partial charge in [-0.15, -0.1) is 0 Å². The van der Waals surface area contributed by atoms with E-state index in [1.54, 1.807) is 12.1 Å². The van der Waals surface area contributed by atoms with Crippen molar-refractivity contribution in [1.82, 2.24) is 0 Å². The number of benzene rings is 1. The summed E-state index contributed by atoms with van der Waals surface area (Å²) in [5.74, 6) is 0.872. The Morgan fingerprint density at radius 3 is 2.69 bits per heavy atom. The standard InChI is InChI=1S/C20H25F3O3/c1-19-7-6-12-13(15(19)4-5-18(19)25)3-2-11-8-16(24)17(9-14(11)12)26-10-20(21,22)23/h8-9,12-13,15,18,24-25H,2-7,10H2,1H3/t12-,13-,15-,18-,19-/m0/s1. The third-order valence-electron chi connectivity index (χ3n) is 7.15. The molecule has 6 heteroatoms. The Hall–Kier alpha value is -1.43. The third-order valence-corrected chi connectivity index (χ3v) is 7.15. The van der Waals surface area contributed by atoms with Gasteiger partial charge in [0.1, 0.15) is 0 Å².